The normalized spacial score (nSPS) is 14.8. The van der Waals surface area contributed by atoms with Crippen molar-refractivity contribution in [3.63, 3.8) is 0 Å². The standard InChI is InChI=1S/C26H26N4O/c1-17-7-8-19(14-23(17)26(31)30-11-9-22(27)10-12-30)21-13-20-15-24(29-25(20)28-16-21)18-5-3-2-4-6-18/h2-8,13-16,22H,9-12,27H2,1H3,(H,28,29). The van der Waals surface area contributed by atoms with Gasteiger partial charge in [0.25, 0.3) is 5.91 Å². The quantitative estimate of drug-likeness (QED) is 0.511. The molecule has 1 amide bonds. The maximum atomic E-state index is 13.1. The van der Waals surface area contributed by atoms with Crippen molar-refractivity contribution in [2.24, 2.45) is 5.73 Å². The second-order valence-electron chi connectivity index (χ2n) is 8.37. The second-order valence-corrected chi connectivity index (χ2v) is 8.37. The van der Waals surface area contributed by atoms with E-state index in [1.807, 2.05) is 48.4 Å². The van der Waals surface area contributed by atoms with E-state index in [9.17, 15) is 4.79 Å². The number of carbonyl (C=O) groups is 1. The Morgan fingerprint density at radius 3 is 2.55 bits per heavy atom. The summed E-state index contributed by atoms with van der Waals surface area (Å²) in [5, 5.41) is 1.05. The fourth-order valence-electron chi connectivity index (χ4n) is 4.25. The first-order valence-electron chi connectivity index (χ1n) is 10.8. The highest BCUT2D eigenvalue weighted by Gasteiger charge is 2.23. The van der Waals surface area contributed by atoms with Gasteiger partial charge in [-0.3, -0.25) is 4.79 Å². The average molecular weight is 411 g/mol. The van der Waals surface area contributed by atoms with Gasteiger partial charge >= 0.3 is 0 Å². The van der Waals surface area contributed by atoms with Crippen molar-refractivity contribution in [1.29, 1.82) is 0 Å². The smallest absolute Gasteiger partial charge is 0.254 e. The van der Waals surface area contributed by atoms with E-state index >= 15 is 0 Å². The number of rotatable bonds is 3. The van der Waals surface area contributed by atoms with Crippen LogP contribution in [-0.4, -0.2) is 39.9 Å². The van der Waals surface area contributed by atoms with Gasteiger partial charge in [-0.1, -0.05) is 42.5 Å². The molecule has 5 nitrogen and oxygen atoms in total. The minimum absolute atomic E-state index is 0.0910. The van der Waals surface area contributed by atoms with Crippen molar-refractivity contribution in [2.45, 2.75) is 25.8 Å². The van der Waals surface area contributed by atoms with Crippen molar-refractivity contribution >= 4 is 16.9 Å². The van der Waals surface area contributed by atoms with E-state index in [-0.39, 0.29) is 11.9 Å². The number of carbonyl (C=O) groups excluding carboxylic acids is 1. The van der Waals surface area contributed by atoms with Gasteiger partial charge in [0.05, 0.1) is 0 Å². The molecule has 4 aromatic rings. The third kappa shape index (κ3) is 3.84. The number of aryl methyl sites for hydroxylation is 1. The van der Waals surface area contributed by atoms with Crippen molar-refractivity contribution in [3.05, 3.63) is 78.0 Å². The lowest BCUT2D eigenvalue weighted by molar-refractivity contribution is 0.0714. The van der Waals surface area contributed by atoms with E-state index in [0.717, 1.165) is 70.5 Å². The van der Waals surface area contributed by atoms with Crippen LogP contribution in [0.4, 0.5) is 0 Å². The Balaban J connectivity index is 1.47. The van der Waals surface area contributed by atoms with Gasteiger partial charge in [-0.05, 0) is 54.7 Å². The number of nitrogens with two attached hydrogens (primary N) is 1. The van der Waals surface area contributed by atoms with E-state index in [2.05, 4.69) is 40.3 Å². The zero-order valence-corrected chi connectivity index (χ0v) is 17.6. The van der Waals surface area contributed by atoms with Crippen LogP contribution < -0.4 is 5.73 Å². The van der Waals surface area contributed by atoms with Gasteiger partial charge in [0.2, 0.25) is 0 Å². The van der Waals surface area contributed by atoms with Crippen molar-refractivity contribution < 1.29 is 4.79 Å². The van der Waals surface area contributed by atoms with Crippen LogP contribution in [0.5, 0.6) is 0 Å². The molecule has 0 radical (unpaired) electrons. The molecule has 2 aromatic heterocycles. The van der Waals surface area contributed by atoms with Crippen LogP contribution in [-0.2, 0) is 0 Å². The van der Waals surface area contributed by atoms with Crippen LogP contribution in [0.2, 0.25) is 0 Å². The molecule has 1 saturated heterocycles. The van der Waals surface area contributed by atoms with E-state index < -0.39 is 0 Å². The summed E-state index contributed by atoms with van der Waals surface area (Å²) in [6, 6.07) is 20.8. The van der Waals surface area contributed by atoms with Gasteiger partial charge in [-0.25, -0.2) is 4.98 Å². The summed E-state index contributed by atoms with van der Waals surface area (Å²) < 4.78 is 0. The highest BCUT2D eigenvalue weighted by atomic mass is 16.2. The first-order valence-corrected chi connectivity index (χ1v) is 10.8. The molecule has 5 heteroatoms. The largest absolute Gasteiger partial charge is 0.339 e. The number of likely N-dealkylation sites (tertiary alicyclic amines) is 1. The van der Waals surface area contributed by atoms with E-state index in [0.29, 0.717) is 0 Å². The molecule has 0 aliphatic carbocycles. The number of amides is 1. The van der Waals surface area contributed by atoms with Gasteiger partial charge in [0, 0.05) is 47.5 Å². The number of fused-ring (bicyclic) bond motifs is 1. The lowest BCUT2D eigenvalue weighted by Crippen LogP contribution is -2.43. The summed E-state index contributed by atoms with van der Waals surface area (Å²) in [5.41, 5.74) is 12.8. The van der Waals surface area contributed by atoms with E-state index in [1.54, 1.807) is 0 Å². The Morgan fingerprint density at radius 2 is 1.77 bits per heavy atom. The molecular weight excluding hydrogens is 384 g/mol. The molecule has 1 aliphatic heterocycles. The van der Waals surface area contributed by atoms with Crippen LogP contribution >= 0.6 is 0 Å². The molecule has 2 aromatic carbocycles. The van der Waals surface area contributed by atoms with Crippen LogP contribution in [0.25, 0.3) is 33.4 Å². The maximum Gasteiger partial charge on any atom is 0.254 e. The predicted molar refractivity (Wildman–Crippen MR) is 125 cm³/mol. The third-order valence-corrected chi connectivity index (χ3v) is 6.18. The van der Waals surface area contributed by atoms with Crippen LogP contribution in [0.15, 0.2) is 66.9 Å². The first kappa shape index (κ1) is 19.5. The first-order chi connectivity index (χ1) is 15.1. The molecule has 0 unspecified atom stereocenters. The Hall–Kier alpha value is -3.44. The maximum absolute atomic E-state index is 13.1. The number of hydrogen-bond donors (Lipinski definition) is 2. The Kier molecular flexibility index (Phi) is 5.04. The topological polar surface area (TPSA) is 75.0 Å². The number of piperidine rings is 1. The van der Waals surface area contributed by atoms with Gasteiger partial charge in [0.1, 0.15) is 5.65 Å². The van der Waals surface area contributed by atoms with Crippen molar-refractivity contribution in [2.75, 3.05) is 13.1 Å². The molecule has 0 atom stereocenters. The van der Waals surface area contributed by atoms with Gasteiger partial charge in [-0.2, -0.15) is 0 Å². The summed E-state index contributed by atoms with van der Waals surface area (Å²) >= 11 is 0. The zero-order valence-electron chi connectivity index (χ0n) is 17.6. The summed E-state index contributed by atoms with van der Waals surface area (Å²) in [6.07, 6.45) is 3.59. The molecular formula is C26H26N4O. The molecule has 1 aliphatic rings. The number of nitrogens with zero attached hydrogens (tertiary/aromatic N) is 2. The zero-order chi connectivity index (χ0) is 21.4. The predicted octanol–water partition coefficient (Wildman–Crippen LogP) is 4.77. The summed E-state index contributed by atoms with van der Waals surface area (Å²) in [7, 11) is 0. The minimum atomic E-state index is 0.0910. The highest BCUT2D eigenvalue weighted by Crippen LogP contribution is 2.28. The molecule has 0 saturated carbocycles. The van der Waals surface area contributed by atoms with Gasteiger partial charge < -0.3 is 15.6 Å². The number of benzene rings is 2. The van der Waals surface area contributed by atoms with Crippen LogP contribution in [0.1, 0.15) is 28.8 Å². The van der Waals surface area contributed by atoms with Crippen LogP contribution in [0.3, 0.4) is 0 Å². The number of H-pyrrole nitrogens is 1. The fourth-order valence-corrected chi connectivity index (χ4v) is 4.25. The van der Waals surface area contributed by atoms with E-state index in [1.165, 1.54) is 0 Å². The summed E-state index contributed by atoms with van der Waals surface area (Å²) in [5.74, 6) is 0.0910. The number of pyridine rings is 1. The number of aromatic nitrogens is 2. The van der Waals surface area contributed by atoms with Crippen molar-refractivity contribution in [3.8, 4) is 22.4 Å². The summed E-state index contributed by atoms with van der Waals surface area (Å²) in [4.78, 5) is 23.1. The molecule has 1 fully saturated rings. The van der Waals surface area contributed by atoms with Crippen molar-refractivity contribution in [1.82, 2.24) is 14.9 Å². The third-order valence-electron chi connectivity index (χ3n) is 6.18. The molecule has 3 heterocycles. The fraction of sp³-hybridized carbons (Fsp3) is 0.231. The summed E-state index contributed by atoms with van der Waals surface area (Å²) in [6.45, 7) is 3.44. The minimum Gasteiger partial charge on any atom is -0.339 e. The molecule has 3 N–H and O–H groups in total. The Labute approximate surface area is 181 Å². The lowest BCUT2D eigenvalue weighted by atomic mass is 9.98. The number of nitrogens with one attached hydrogen (secondary N) is 1. The molecule has 0 spiro atoms. The average Bonchev–Trinajstić information content (AvgIpc) is 3.23. The second kappa shape index (κ2) is 8.00. The Morgan fingerprint density at radius 1 is 1.00 bits per heavy atom. The number of hydrogen-bond acceptors (Lipinski definition) is 3. The Bertz CT molecular complexity index is 1240. The molecule has 0 bridgehead atoms. The molecule has 31 heavy (non-hydrogen) atoms. The lowest BCUT2D eigenvalue weighted by Gasteiger charge is -2.30. The molecule has 156 valence electrons. The number of aromatic amines is 1. The highest BCUT2D eigenvalue weighted by molar-refractivity contribution is 5.97. The van der Waals surface area contributed by atoms with Gasteiger partial charge in [0.15, 0.2) is 0 Å². The molecule has 5 rings (SSSR count). The van der Waals surface area contributed by atoms with E-state index in [4.69, 9.17) is 5.73 Å². The van der Waals surface area contributed by atoms with Gasteiger partial charge in [-0.15, -0.1) is 0 Å². The van der Waals surface area contributed by atoms with Crippen LogP contribution in [0, 0.1) is 6.92 Å². The SMILES string of the molecule is Cc1ccc(-c2cnc3[nH]c(-c4ccccc4)cc3c2)cc1C(=O)N1CCC(N)CC1. The monoisotopic (exact) mass is 410 g/mol.